The van der Waals surface area contributed by atoms with Crippen LogP contribution in [0.3, 0.4) is 0 Å². The molecule has 0 fully saturated rings. The van der Waals surface area contributed by atoms with Crippen molar-refractivity contribution < 1.29 is 9.21 Å². The van der Waals surface area contributed by atoms with Gasteiger partial charge in [0.05, 0.1) is 11.5 Å². The Bertz CT molecular complexity index is 1070. The predicted octanol–water partition coefficient (Wildman–Crippen LogP) is 4.11. The molecule has 4 rings (SSSR count). The van der Waals surface area contributed by atoms with Crippen molar-refractivity contribution >= 4 is 51.9 Å². The Balaban J connectivity index is 1.30. The highest BCUT2D eigenvalue weighted by atomic mass is 35.5. The molecule has 0 unspecified atom stereocenters. The molecular weight excluding hydrogens is 430 g/mol. The lowest BCUT2D eigenvalue weighted by Gasteiger charge is -2.12. The number of thioether (sulfide) groups is 2. The van der Waals surface area contributed by atoms with E-state index in [9.17, 15) is 4.79 Å². The van der Waals surface area contributed by atoms with Crippen LogP contribution < -0.4 is 5.32 Å². The van der Waals surface area contributed by atoms with Crippen molar-refractivity contribution in [3.63, 3.8) is 0 Å². The van der Waals surface area contributed by atoms with Crippen molar-refractivity contribution in [1.29, 1.82) is 0 Å². The zero-order valence-electron chi connectivity index (χ0n) is 14.9. The van der Waals surface area contributed by atoms with Crippen LogP contribution in [0.15, 0.2) is 74.4 Å². The van der Waals surface area contributed by atoms with Crippen LogP contribution >= 0.6 is 35.1 Å². The summed E-state index contributed by atoms with van der Waals surface area (Å²) >= 11 is 8.48. The van der Waals surface area contributed by atoms with Gasteiger partial charge in [0, 0.05) is 16.3 Å². The molecule has 1 amide bonds. The lowest BCUT2D eigenvalue weighted by molar-refractivity contribution is -0.117. The van der Waals surface area contributed by atoms with Gasteiger partial charge in [0.1, 0.15) is 0 Å². The Morgan fingerprint density at radius 1 is 1.07 bits per heavy atom. The normalized spacial score (nSPS) is 13.6. The zero-order valence-corrected chi connectivity index (χ0v) is 17.3. The van der Waals surface area contributed by atoms with Gasteiger partial charge in [0.25, 0.3) is 5.22 Å². The Morgan fingerprint density at radius 2 is 1.86 bits per heavy atom. The number of nitrogens with one attached hydrogen (secondary N) is 1. The third-order valence-electron chi connectivity index (χ3n) is 3.78. The van der Waals surface area contributed by atoms with Crippen LogP contribution in [-0.4, -0.2) is 38.5 Å². The summed E-state index contributed by atoms with van der Waals surface area (Å²) in [5.41, 5.74) is 2.62. The topological polar surface area (TPSA) is 92.7 Å². The fourth-order valence-electron chi connectivity index (χ4n) is 2.39. The van der Waals surface area contributed by atoms with Gasteiger partial charge in [-0.1, -0.05) is 65.5 Å². The number of rotatable bonds is 5. The van der Waals surface area contributed by atoms with Gasteiger partial charge in [-0.15, -0.1) is 15.3 Å². The Kier molecular flexibility index (Phi) is 6.28. The minimum absolute atomic E-state index is 0.129. The number of halogens is 1. The molecule has 1 aliphatic rings. The Morgan fingerprint density at radius 3 is 2.59 bits per heavy atom. The molecule has 0 spiro atoms. The van der Waals surface area contributed by atoms with E-state index in [0.717, 1.165) is 16.8 Å². The average molecular weight is 444 g/mol. The fourth-order valence-corrected chi connectivity index (χ4v) is 3.86. The summed E-state index contributed by atoms with van der Waals surface area (Å²) in [6, 6.07) is 16.9. The second kappa shape index (κ2) is 9.25. The van der Waals surface area contributed by atoms with Crippen LogP contribution in [0, 0.1) is 0 Å². The molecule has 0 radical (unpaired) electrons. The lowest BCUT2D eigenvalue weighted by Crippen LogP contribution is -2.31. The molecular formula is C19H14ClN5O2S2. The summed E-state index contributed by atoms with van der Waals surface area (Å²) in [5, 5.41) is 20.5. The maximum Gasteiger partial charge on any atom is 0.277 e. The van der Waals surface area contributed by atoms with Crippen LogP contribution in [0.2, 0.25) is 5.02 Å². The van der Waals surface area contributed by atoms with E-state index in [-0.39, 0.29) is 11.7 Å². The largest absolute Gasteiger partial charge is 0.411 e. The molecule has 1 aromatic heterocycles. The molecule has 2 heterocycles. The third kappa shape index (κ3) is 5.26. The molecule has 0 saturated heterocycles. The van der Waals surface area contributed by atoms with E-state index >= 15 is 0 Å². The molecule has 1 aliphatic heterocycles. The van der Waals surface area contributed by atoms with Gasteiger partial charge in [-0.2, -0.15) is 5.10 Å². The van der Waals surface area contributed by atoms with E-state index < -0.39 is 0 Å². The summed E-state index contributed by atoms with van der Waals surface area (Å²) in [6.07, 6.45) is 0. The average Bonchev–Trinajstić information content (AvgIpc) is 3.23. The minimum Gasteiger partial charge on any atom is -0.411 e. The SMILES string of the molecule is O=C(CSc1nnc(-c2ccccc2)o1)NC1=NN=C(c2ccc(Cl)cc2)CS1. The first-order chi connectivity index (χ1) is 14.2. The Hall–Kier alpha value is -2.62. The van der Waals surface area contributed by atoms with Crippen molar-refractivity contribution in [3.8, 4) is 11.5 Å². The molecule has 29 heavy (non-hydrogen) atoms. The van der Waals surface area contributed by atoms with E-state index in [1.54, 1.807) is 0 Å². The molecule has 3 aromatic rings. The van der Waals surface area contributed by atoms with Gasteiger partial charge in [0.2, 0.25) is 11.8 Å². The van der Waals surface area contributed by atoms with Crippen LogP contribution in [-0.2, 0) is 4.79 Å². The summed E-state index contributed by atoms with van der Waals surface area (Å²) in [4.78, 5) is 12.2. The van der Waals surface area contributed by atoms with E-state index in [1.165, 1.54) is 23.5 Å². The van der Waals surface area contributed by atoms with Gasteiger partial charge < -0.3 is 9.73 Å². The predicted molar refractivity (Wildman–Crippen MR) is 116 cm³/mol. The molecule has 146 valence electrons. The lowest BCUT2D eigenvalue weighted by atomic mass is 10.1. The number of hydrogen-bond donors (Lipinski definition) is 1. The maximum atomic E-state index is 12.2. The molecule has 10 heteroatoms. The number of amides is 1. The standard InChI is InChI=1S/C19H14ClN5O2S2/c20-14-8-6-12(7-9-14)15-10-28-18(24-22-15)21-16(26)11-29-19-25-23-17(27-19)13-4-2-1-3-5-13/h1-9H,10-11H2,(H,21,24,26). The molecule has 7 nitrogen and oxygen atoms in total. The zero-order chi connectivity index (χ0) is 20.1. The first-order valence-corrected chi connectivity index (χ1v) is 10.9. The molecule has 1 N–H and O–H groups in total. The van der Waals surface area contributed by atoms with Crippen molar-refractivity contribution in [2.75, 3.05) is 11.5 Å². The van der Waals surface area contributed by atoms with Crippen LogP contribution in [0.5, 0.6) is 0 Å². The second-order valence-corrected chi connectivity index (χ2v) is 8.15. The monoisotopic (exact) mass is 443 g/mol. The summed E-state index contributed by atoms with van der Waals surface area (Å²) < 4.78 is 5.58. The molecule has 2 aromatic carbocycles. The highest BCUT2D eigenvalue weighted by Crippen LogP contribution is 2.23. The third-order valence-corrected chi connectivity index (χ3v) is 5.73. The number of benzene rings is 2. The van der Waals surface area contributed by atoms with E-state index in [1.807, 2.05) is 54.6 Å². The van der Waals surface area contributed by atoms with E-state index in [0.29, 0.717) is 27.1 Å². The minimum atomic E-state index is -0.217. The van der Waals surface area contributed by atoms with Crippen LogP contribution in [0.4, 0.5) is 0 Å². The van der Waals surface area contributed by atoms with E-state index in [4.69, 9.17) is 16.0 Å². The highest BCUT2D eigenvalue weighted by molar-refractivity contribution is 8.14. The van der Waals surface area contributed by atoms with E-state index in [2.05, 4.69) is 25.7 Å². The van der Waals surface area contributed by atoms with Crippen LogP contribution in [0.25, 0.3) is 11.5 Å². The summed E-state index contributed by atoms with van der Waals surface area (Å²) in [6.45, 7) is 0. The van der Waals surface area contributed by atoms with Crippen LogP contribution in [0.1, 0.15) is 5.56 Å². The fraction of sp³-hybridized carbons (Fsp3) is 0.105. The first kappa shape index (κ1) is 19.7. The van der Waals surface area contributed by atoms with Crippen molar-refractivity contribution in [2.24, 2.45) is 10.2 Å². The number of nitrogens with zero attached hydrogens (tertiary/aromatic N) is 4. The molecule has 0 atom stereocenters. The summed E-state index contributed by atoms with van der Waals surface area (Å²) in [7, 11) is 0. The Labute approximate surface area is 180 Å². The highest BCUT2D eigenvalue weighted by Gasteiger charge is 2.16. The first-order valence-electron chi connectivity index (χ1n) is 8.52. The number of carbonyl (C=O) groups is 1. The van der Waals surface area contributed by atoms with Crippen molar-refractivity contribution in [2.45, 2.75) is 5.22 Å². The van der Waals surface area contributed by atoms with Crippen molar-refractivity contribution in [1.82, 2.24) is 15.5 Å². The van der Waals surface area contributed by atoms with Crippen molar-refractivity contribution in [3.05, 3.63) is 65.2 Å². The van der Waals surface area contributed by atoms with Gasteiger partial charge in [-0.05, 0) is 29.8 Å². The molecule has 0 bridgehead atoms. The van der Waals surface area contributed by atoms with Gasteiger partial charge >= 0.3 is 0 Å². The van der Waals surface area contributed by atoms with Gasteiger partial charge in [-0.25, -0.2) is 0 Å². The van der Waals surface area contributed by atoms with Gasteiger partial charge in [0.15, 0.2) is 5.17 Å². The second-order valence-electron chi connectivity index (χ2n) is 5.82. The summed E-state index contributed by atoms with van der Waals surface area (Å²) in [5.74, 6) is 0.942. The number of amidine groups is 1. The number of aromatic nitrogens is 2. The van der Waals surface area contributed by atoms with Gasteiger partial charge in [-0.3, -0.25) is 4.79 Å². The number of carbonyl (C=O) groups excluding carboxylic acids is 1. The number of hydrogen-bond acceptors (Lipinski definition) is 8. The smallest absolute Gasteiger partial charge is 0.277 e. The molecule has 0 aliphatic carbocycles. The molecule has 0 saturated carbocycles. The quantitative estimate of drug-likeness (QED) is 0.596. The maximum absolute atomic E-state index is 12.2.